The van der Waals surface area contributed by atoms with Crippen molar-refractivity contribution in [2.75, 3.05) is 13.7 Å². The predicted molar refractivity (Wildman–Crippen MR) is 70.7 cm³/mol. The van der Waals surface area contributed by atoms with E-state index in [1.54, 1.807) is 7.11 Å². The molecule has 0 saturated heterocycles. The number of hydrogen-bond acceptors (Lipinski definition) is 3. The van der Waals surface area contributed by atoms with Gasteiger partial charge < -0.3 is 9.47 Å². The van der Waals surface area contributed by atoms with Gasteiger partial charge in [0.25, 0.3) is 0 Å². The van der Waals surface area contributed by atoms with Crippen molar-refractivity contribution >= 4 is 28.6 Å². The molecule has 0 aliphatic heterocycles. The summed E-state index contributed by atoms with van der Waals surface area (Å²) in [5.41, 5.74) is 1.12. The second-order valence-corrected chi connectivity index (χ2v) is 4.42. The summed E-state index contributed by atoms with van der Waals surface area (Å²) < 4.78 is 11.2. The average Bonchev–Trinajstić information content (AvgIpc) is 2.28. The number of rotatable bonds is 5. The van der Waals surface area contributed by atoms with Crippen molar-refractivity contribution in [3.05, 3.63) is 27.3 Å². The number of benzene rings is 1. The second kappa shape index (κ2) is 6.73. The molecule has 0 unspecified atom stereocenters. The molecule has 4 heteroatoms. The molecule has 0 aliphatic rings. The number of carbonyl (C=O) groups is 1. The Hall–Kier alpha value is -0.780. The highest BCUT2D eigenvalue weighted by atomic mass is 127. The normalized spacial score (nSPS) is 9.94. The highest BCUT2D eigenvalue weighted by Crippen LogP contribution is 2.20. The van der Waals surface area contributed by atoms with Gasteiger partial charge in [-0.2, -0.15) is 0 Å². The monoisotopic (exact) mass is 334 g/mol. The molecule has 16 heavy (non-hydrogen) atoms. The molecule has 1 aromatic carbocycles. The van der Waals surface area contributed by atoms with Crippen molar-refractivity contribution < 1.29 is 14.3 Å². The molecule has 0 spiro atoms. The first-order chi connectivity index (χ1) is 7.67. The number of esters is 1. The van der Waals surface area contributed by atoms with Gasteiger partial charge in [0.15, 0.2) is 0 Å². The van der Waals surface area contributed by atoms with Crippen molar-refractivity contribution in [2.24, 2.45) is 0 Å². The van der Waals surface area contributed by atoms with E-state index >= 15 is 0 Å². The van der Waals surface area contributed by atoms with E-state index in [1.807, 2.05) is 25.1 Å². The summed E-state index contributed by atoms with van der Waals surface area (Å²) in [4.78, 5) is 11.2. The Bertz CT molecular complexity index is 363. The molecule has 0 aromatic heterocycles. The Kier molecular flexibility index (Phi) is 5.59. The number of halogens is 1. The first-order valence-corrected chi connectivity index (χ1v) is 6.23. The highest BCUT2D eigenvalue weighted by molar-refractivity contribution is 14.1. The summed E-state index contributed by atoms with van der Waals surface area (Å²) in [6.07, 6.45) is 1.10. The number of ether oxygens (including phenoxy) is 2. The van der Waals surface area contributed by atoms with Crippen molar-refractivity contribution in [3.8, 4) is 5.75 Å². The minimum absolute atomic E-state index is 0.152. The van der Waals surface area contributed by atoms with Gasteiger partial charge in [0.2, 0.25) is 0 Å². The molecule has 0 saturated carbocycles. The van der Waals surface area contributed by atoms with Crippen LogP contribution in [0.15, 0.2) is 18.2 Å². The van der Waals surface area contributed by atoms with E-state index in [-0.39, 0.29) is 5.97 Å². The summed E-state index contributed by atoms with van der Waals surface area (Å²) in [6, 6.07) is 5.86. The van der Waals surface area contributed by atoms with Gasteiger partial charge in [0.05, 0.1) is 13.7 Å². The van der Waals surface area contributed by atoms with Gasteiger partial charge in [-0.25, -0.2) is 0 Å². The maximum Gasteiger partial charge on any atom is 0.306 e. The smallest absolute Gasteiger partial charge is 0.306 e. The highest BCUT2D eigenvalue weighted by Gasteiger charge is 2.06. The van der Waals surface area contributed by atoms with E-state index in [0.29, 0.717) is 19.4 Å². The van der Waals surface area contributed by atoms with Gasteiger partial charge in [0.1, 0.15) is 5.75 Å². The van der Waals surface area contributed by atoms with Crippen molar-refractivity contribution in [1.82, 2.24) is 0 Å². The number of hydrogen-bond donors (Lipinski definition) is 0. The van der Waals surface area contributed by atoms with Crippen molar-refractivity contribution in [2.45, 2.75) is 19.8 Å². The molecular weight excluding hydrogens is 319 g/mol. The molecule has 0 atom stereocenters. The summed E-state index contributed by atoms with van der Waals surface area (Å²) >= 11 is 2.25. The molecule has 88 valence electrons. The Morgan fingerprint density at radius 3 is 2.81 bits per heavy atom. The van der Waals surface area contributed by atoms with E-state index < -0.39 is 0 Å². The molecule has 3 nitrogen and oxygen atoms in total. The Morgan fingerprint density at radius 2 is 2.19 bits per heavy atom. The van der Waals surface area contributed by atoms with E-state index in [2.05, 4.69) is 22.6 Å². The van der Waals surface area contributed by atoms with Gasteiger partial charge in [0, 0.05) is 9.99 Å². The molecule has 1 rings (SSSR count). The summed E-state index contributed by atoms with van der Waals surface area (Å²) in [5, 5.41) is 0. The lowest BCUT2D eigenvalue weighted by Gasteiger charge is -2.07. The second-order valence-electron chi connectivity index (χ2n) is 3.26. The van der Waals surface area contributed by atoms with Crippen LogP contribution in [0.1, 0.15) is 18.9 Å². The zero-order valence-electron chi connectivity index (χ0n) is 9.46. The molecule has 0 amide bonds. The van der Waals surface area contributed by atoms with Crippen LogP contribution in [0.3, 0.4) is 0 Å². The molecule has 0 bridgehead atoms. The third-order valence-corrected chi connectivity index (χ3v) is 3.21. The first kappa shape index (κ1) is 13.3. The lowest BCUT2D eigenvalue weighted by Crippen LogP contribution is -2.05. The van der Waals surface area contributed by atoms with Crippen LogP contribution in [0.5, 0.6) is 5.75 Å². The van der Waals surface area contributed by atoms with Crippen molar-refractivity contribution in [3.63, 3.8) is 0 Å². The van der Waals surface area contributed by atoms with Crippen LogP contribution in [0.4, 0.5) is 0 Å². The van der Waals surface area contributed by atoms with Crippen LogP contribution in [0.25, 0.3) is 0 Å². The van der Waals surface area contributed by atoms with Crippen LogP contribution >= 0.6 is 22.6 Å². The van der Waals surface area contributed by atoms with Gasteiger partial charge in [-0.15, -0.1) is 0 Å². The Balaban J connectivity index is 2.62. The SMILES string of the molecule is CCOC(=O)CCc1cc(OC)ccc1I. The summed E-state index contributed by atoms with van der Waals surface area (Å²) in [7, 11) is 1.64. The molecule has 1 aromatic rings. The van der Waals surface area contributed by atoms with Crippen LogP contribution in [0.2, 0.25) is 0 Å². The maximum atomic E-state index is 11.2. The van der Waals surface area contributed by atoms with Crippen LogP contribution < -0.4 is 4.74 Å². The molecule has 0 heterocycles. The fraction of sp³-hybridized carbons (Fsp3) is 0.417. The molecular formula is C12H15IO3. The number of methoxy groups -OCH3 is 1. The molecule has 0 N–H and O–H groups in total. The lowest BCUT2D eigenvalue weighted by molar-refractivity contribution is -0.143. The topological polar surface area (TPSA) is 35.5 Å². The quantitative estimate of drug-likeness (QED) is 0.614. The first-order valence-electron chi connectivity index (χ1n) is 5.15. The van der Waals surface area contributed by atoms with Gasteiger partial charge >= 0.3 is 5.97 Å². The third-order valence-electron chi connectivity index (χ3n) is 2.16. The standard InChI is InChI=1S/C12H15IO3/c1-3-16-12(14)7-4-9-8-10(15-2)5-6-11(9)13/h5-6,8H,3-4,7H2,1-2H3. The zero-order valence-corrected chi connectivity index (χ0v) is 11.6. The van der Waals surface area contributed by atoms with Gasteiger partial charge in [-0.3, -0.25) is 4.79 Å². The fourth-order valence-corrected chi connectivity index (χ4v) is 1.94. The molecule has 0 aliphatic carbocycles. The Morgan fingerprint density at radius 1 is 1.44 bits per heavy atom. The fourth-order valence-electron chi connectivity index (χ4n) is 1.34. The third kappa shape index (κ3) is 4.00. The van der Waals surface area contributed by atoms with Gasteiger partial charge in [-0.1, -0.05) is 0 Å². The van der Waals surface area contributed by atoms with Crippen molar-refractivity contribution in [1.29, 1.82) is 0 Å². The number of aryl methyl sites for hydroxylation is 1. The zero-order chi connectivity index (χ0) is 12.0. The van der Waals surface area contributed by atoms with Crippen LogP contribution in [0, 0.1) is 3.57 Å². The maximum absolute atomic E-state index is 11.2. The average molecular weight is 334 g/mol. The summed E-state index contributed by atoms with van der Waals surface area (Å²) in [6.45, 7) is 2.25. The number of carbonyl (C=O) groups excluding carboxylic acids is 1. The van der Waals surface area contributed by atoms with Crippen LogP contribution in [-0.4, -0.2) is 19.7 Å². The largest absolute Gasteiger partial charge is 0.497 e. The minimum atomic E-state index is -0.152. The van der Waals surface area contributed by atoms with E-state index in [1.165, 1.54) is 0 Å². The minimum Gasteiger partial charge on any atom is -0.497 e. The van der Waals surface area contributed by atoms with Crippen LogP contribution in [-0.2, 0) is 16.0 Å². The van der Waals surface area contributed by atoms with E-state index in [9.17, 15) is 4.79 Å². The van der Waals surface area contributed by atoms with E-state index in [4.69, 9.17) is 9.47 Å². The molecule has 0 fully saturated rings. The Labute approximate surface area is 109 Å². The summed E-state index contributed by atoms with van der Waals surface area (Å²) in [5.74, 6) is 0.667. The van der Waals surface area contributed by atoms with Gasteiger partial charge in [-0.05, 0) is 59.7 Å². The molecule has 0 radical (unpaired) electrons. The predicted octanol–water partition coefficient (Wildman–Crippen LogP) is 2.80. The van der Waals surface area contributed by atoms with E-state index in [0.717, 1.165) is 14.9 Å². The lowest BCUT2D eigenvalue weighted by atomic mass is 10.1.